The Kier molecular flexibility index (Phi) is 5.29. The highest BCUT2D eigenvalue weighted by atomic mass is 16.5. The normalized spacial score (nSPS) is 17.0. The lowest BCUT2D eigenvalue weighted by Gasteiger charge is -2.22. The summed E-state index contributed by atoms with van der Waals surface area (Å²) in [5.74, 6) is -0.141. The van der Waals surface area contributed by atoms with Gasteiger partial charge in [-0.1, -0.05) is 12.1 Å². The minimum atomic E-state index is -0.141. The second kappa shape index (κ2) is 8.18. The molecule has 7 heteroatoms. The molecule has 0 saturated carbocycles. The van der Waals surface area contributed by atoms with Crippen molar-refractivity contribution in [2.45, 2.75) is 38.5 Å². The van der Waals surface area contributed by atoms with Crippen LogP contribution in [0.4, 0.5) is 5.69 Å². The van der Waals surface area contributed by atoms with Crippen molar-refractivity contribution in [1.82, 2.24) is 19.3 Å². The van der Waals surface area contributed by atoms with E-state index in [2.05, 4.69) is 15.4 Å². The van der Waals surface area contributed by atoms with Crippen molar-refractivity contribution in [2.75, 3.05) is 11.9 Å². The van der Waals surface area contributed by atoms with Gasteiger partial charge in [-0.05, 0) is 37.0 Å². The molecule has 1 amide bonds. The molecule has 1 saturated heterocycles. The summed E-state index contributed by atoms with van der Waals surface area (Å²) in [6.07, 6.45) is 12.6. The average Bonchev–Trinajstić information content (AvgIpc) is 3.35. The summed E-state index contributed by atoms with van der Waals surface area (Å²) in [6.45, 7) is 2.28. The lowest BCUT2D eigenvalue weighted by molar-refractivity contribution is 0.00401. The van der Waals surface area contributed by atoms with Crippen LogP contribution in [0.25, 0.3) is 0 Å². The van der Waals surface area contributed by atoms with Gasteiger partial charge in [0.05, 0.1) is 30.9 Å². The molecular weight excluding hydrogens is 342 g/mol. The number of hydrogen-bond donors (Lipinski definition) is 1. The van der Waals surface area contributed by atoms with Gasteiger partial charge < -0.3 is 14.6 Å². The van der Waals surface area contributed by atoms with Crippen LogP contribution >= 0.6 is 0 Å². The Morgan fingerprint density at radius 3 is 2.89 bits per heavy atom. The minimum Gasteiger partial charge on any atom is -0.376 e. The van der Waals surface area contributed by atoms with Crippen molar-refractivity contribution in [3.8, 4) is 0 Å². The first-order valence-corrected chi connectivity index (χ1v) is 9.26. The van der Waals surface area contributed by atoms with Gasteiger partial charge in [0.2, 0.25) is 0 Å². The summed E-state index contributed by atoms with van der Waals surface area (Å²) in [5.41, 5.74) is 2.43. The van der Waals surface area contributed by atoms with Gasteiger partial charge in [-0.25, -0.2) is 4.98 Å². The number of nitrogens with one attached hydrogen (secondary N) is 1. The first-order valence-electron chi connectivity index (χ1n) is 9.26. The van der Waals surface area contributed by atoms with Gasteiger partial charge in [-0.3, -0.25) is 9.48 Å². The van der Waals surface area contributed by atoms with Crippen LogP contribution in [0.3, 0.4) is 0 Å². The van der Waals surface area contributed by atoms with E-state index in [-0.39, 0.29) is 12.0 Å². The summed E-state index contributed by atoms with van der Waals surface area (Å²) < 4.78 is 9.56. The molecule has 1 aromatic carbocycles. The molecule has 1 atom stereocenters. The number of hydrogen-bond acceptors (Lipinski definition) is 4. The summed E-state index contributed by atoms with van der Waals surface area (Å²) in [5, 5.41) is 7.23. The number of amides is 1. The number of anilines is 1. The summed E-state index contributed by atoms with van der Waals surface area (Å²) in [6, 6.07) is 7.58. The summed E-state index contributed by atoms with van der Waals surface area (Å²) >= 11 is 0. The Morgan fingerprint density at radius 2 is 2.15 bits per heavy atom. The largest absolute Gasteiger partial charge is 0.376 e. The molecule has 0 radical (unpaired) electrons. The SMILES string of the molecule is O=C(Nc1cnn(C[C@@H]2CCCCO2)c1)c1ccc(Cn2ccnc2)cc1. The molecule has 1 N–H and O–H groups in total. The molecule has 0 spiro atoms. The fraction of sp³-hybridized carbons (Fsp3) is 0.350. The minimum absolute atomic E-state index is 0.141. The standard InChI is InChI=1S/C20H23N5O2/c26-20(17-6-4-16(5-7-17)12-24-9-8-21-15-24)23-18-11-22-25(13-18)14-19-3-1-2-10-27-19/h4-9,11,13,15,19H,1-3,10,12,14H2,(H,23,26)/t19-/m0/s1. The van der Waals surface area contributed by atoms with Gasteiger partial charge >= 0.3 is 0 Å². The van der Waals surface area contributed by atoms with Crippen molar-refractivity contribution >= 4 is 11.6 Å². The van der Waals surface area contributed by atoms with Crippen molar-refractivity contribution < 1.29 is 9.53 Å². The number of ether oxygens (including phenoxy) is 1. The third-order valence-electron chi connectivity index (χ3n) is 4.70. The second-order valence-corrected chi connectivity index (χ2v) is 6.83. The molecule has 4 rings (SSSR count). The van der Waals surface area contributed by atoms with E-state index in [1.807, 2.05) is 45.9 Å². The van der Waals surface area contributed by atoms with E-state index in [0.717, 1.165) is 38.1 Å². The van der Waals surface area contributed by atoms with Crippen LogP contribution in [0.5, 0.6) is 0 Å². The average molecular weight is 365 g/mol. The fourth-order valence-electron chi connectivity index (χ4n) is 3.24. The van der Waals surface area contributed by atoms with Crippen LogP contribution in [-0.2, 0) is 17.8 Å². The van der Waals surface area contributed by atoms with Crippen LogP contribution in [-0.4, -0.2) is 37.9 Å². The van der Waals surface area contributed by atoms with Crippen LogP contribution < -0.4 is 5.32 Å². The number of rotatable bonds is 6. The fourth-order valence-corrected chi connectivity index (χ4v) is 3.24. The molecule has 0 unspecified atom stereocenters. The van der Waals surface area contributed by atoms with E-state index >= 15 is 0 Å². The van der Waals surface area contributed by atoms with Crippen LogP contribution in [0, 0.1) is 0 Å². The number of carbonyl (C=O) groups excluding carboxylic acids is 1. The van der Waals surface area contributed by atoms with Gasteiger partial charge in [0.1, 0.15) is 0 Å². The maximum atomic E-state index is 12.5. The van der Waals surface area contributed by atoms with Crippen molar-refractivity contribution in [3.05, 3.63) is 66.5 Å². The molecule has 3 heterocycles. The highest BCUT2D eigenvalue weighted by molar-refractivity contribution is 6.04. The van der Waals surface area contributed by atoms with E-state index in [0.29, 0.717) is 11.3 Å². The van der Waals surface area contributed by atoms with Gasteiger partial charge in [-0.2, -0.15) is 5.10 Å². The number of carbonyl (C=O) groups is 1. The summed E-state index contributed by atoms with van der Waals surface area (Å²) in [4.78, 5) is 16.5. The molecule has 3 aromatic rings. The number of benzene rings is 1. The van der Waals surface area contributed by atoms with E-state index in [1.54, 1.807) is 18.7 Å². The van der Waals surface area contributed by atoms with Gasteiger partial charge in [0.25, 0.3) is 5.91 Å². The molecule has 1 fully saturated rings. The lowest BCUT2D eigenvalue weighted by atomic mass is 10.1. The zero-order chi connectivity index (χ0) is 18.5. The van der Waals surface area contributed by atoms with Gasteiger partial charge in [-0.15, -0.1) is 0 Å². The van der Waals surface area contributed by atoms with E-state index in [9.17, 15) is 4.79 Å². The third-order valence-corrected chi connectivity index (χ3v) is 4.70. The molecule has 27 heavy (non-hydrogen) atoms. The smallest absolute Gasteiger partial charge is 0.255 e. The zero-order valence-corrected chi connectivity index (χ0v) is 15.1. The molecule has 7 nitrogen and oxygen atoms in total. The highest BCUT2D eigenvalue weighted by Gasteiger charge is 2.15. The predicted octanol–water partition coefficient (Wildman–Crippen LogP) is 2.95. The molecule has 2 aromatic heterocycles. The Hall–Kier alpha value is -2.93. The van der Waals surface area contributed by atoms with Crippen LogP contribution in [0.2, 0.25) is 0 Å². The molecule has 1 aliphatic heterocycles. The maximum Gasteiger partial charge on any atom is 0.255 e. The molecule has 140 valence electrons. The Balaban J connectivity index is 1.33. The quantitative estimate of drug-likeness (QED) is 0.729. The van der Waals surface area contributed by atoms with E-state index in [1.165, 1.54) is 6.42 Å². The van der Waals surface area contributed by atoms with Gasteiger partial charge in [0, 0.05) is 37.3 Å². The third kappa shape index (κ3) is 4.62. The highest BCUT2D eigenvalue weighted by Crippen LogP contribution is 2.16. The van der Waals surface area contributed by atoms with Crippen LogP contribution in [0.15, 0.2) is 55.4 Å². The molecule has 0 aliphatic carbocycles. The number of imidazole rings is 1. The monoisotopic (exact) mass is 365 g/mol. The Morgan fingerprint density at radius 1 is 1.26 bits per heavy atom. The van der Waals surface area contributed by atoms with Crippen molar-refractivity contribution in [3.63, 3.8) is 0 Å². The Bertz CT molecular complexity index is 864. The van der Waals surface area contributed by atoms with Crippen molar-refractivity contribution in [1.29, 1.82) is 0 Å². The summed E-state index contributed by atoms with van der Waals surface area (Å²) in [7, 11) is 0. The maximum absolute atomic E-state index is 12.5. The topological polar surface area (TPSA) is 74.0 Å². The first-order chi connectivity index (χ1) is 13.3. The predicted molar refractivity (Wildman–Crippen MR) is 102 cm³/mol. The van der Waals surface area contributed by atoms with Gasteiger partial charge in [0.15, 0.2) is 0 Å². The number of nitrogens with zero attached hydrogens (tertiary/aromatic N) is 4. The van der Waals surface area contributed by atoms with E-state index < -0.39 is 0 Å². The van der Waals surface area contributed by atoms with Crippen molar-refractivity contribution in [2.24, 2.45) is 0 Å². The number of aromatic nitrogens is 4. The lowest BCUT2D eigenvalue weighted by Crippen LogP contribution is -2.24. The molecule has 1 aliphatic rings. The second-order valence-electron chi connectivity index (χ2n) is 6.83. The molecular formula is C20H23N5O2. The van der Waals surface area contributed by atoms with E-state index in [4.69, 9.17) is 4.74 Å². The molecule has 0 bridgehead atoms. The van der Waals surface area contributed by atoms with Crippen LogP contribution in [0.1, 0.15) is 35.2 Å². The Labute approximate surface area is 158 Å². The first kappa shape index (κ1) is 17.5. The zero-order valence-electron chi connectivity index (χ0n) is 15.1.